The van der Waals surface area contributed by atoms with Gasteiger partial charge in [0.15, 0.2) is 0 Å². The van der Waals surface area contributed by atoms with Gasteiger partial charge in [-0.2, -0.15) is 0 Å². The zero-order valence-corrected chi connectivity index (χ0v) is 15.6. The Labute approximate surface area is 157 Å². The highest BCUT2D eigenvalue weighted by Crippen LogP contribution is 2.31. The van der Waals surface area contributed by atoms with Gasteiger partial charge in [-0.15, -0.1) is 0 Å². The monoisotopic (exact) mass is 367 g/mol. The van der Waals surface area contributed by atoms with E-state index in [1.54, 1.807) is 6.20 Å². The Morgan fingerprint density at radius 3 is 3.00 bits per heavy atom. The van der Waals surface area contributed by atoms with Crippen LogP contribution in [0, 0.1) is 13.8 Å². The molecule has 1 amide bonds. The van der Waals surface area contributed by atoms with Crippen LogP contribution in [0.3, 0.4) is 0 Å². The number of aromatic nitrogens is 4. The quantitative estimate of drug-likeness (QED) is 0.644. The average molecular weight is 367 g/mol. The topological polar surface area (TPSA) is 95.8 Å². The van der Waals surface area contributed by atoms with Crippen molar-refractivity contribution in [3.63, 3.8) is 0 Å². The number of carbonyl (C=O) groups excluding carboxylic acids is 1. The number of amides is 1. The van der Waals surface area contributed by atoms with Crippen LogP contribution in [0.5, 0.6) is 0 Å². The third kappa shape index (κ3) is 3.60. The van der Waals surface area contributed by atoms with Crippen LogP contribution in [0.4, 0.5) is 0 Å². The van der Waals surface area contributed by atoms with E-state index >= 15 is 0 Å². The van der Waals surface area contributed by atoms with Gasteiger partial charge in [-0.05, 0) is 50.8 Å². The summed E-state index contributed by atoms with van der Waals surface area (Å²) in [7, 11) is 0. The second-order valence-electron chi connectivity index (χ2n) is 7.36. The summed E-state index contributed by atoms with van der Waals surface area (Å²) in [5.41, 5.74) is 3.03. The highest BCUT2D eigenvalue weighted by molar-refractivity contribution is 5.78. The van der Waals surface area contributed by atoms with Crippen LogP contribution in [0.2, 0.25) is 0 Å². The van der Waals surface area contributed by atoms with E-state index in [2.05, 4.69) is 20.3 Å². The van der Waals surface area contributed by atoms with Gasteiger partial charge in [0.2, 0.25) is 5.91 Å². The van der Waals surface area contributed by atoms with Gasteiger partial charge in [-0.3, -0.25) is 4.79 Å². The number of aliphatic hydroxyl groups is 1. The van der Waals surface area contributed by atoms with Crippen molar-refractivity contribution in [1.29, 1.82) is 0 Å². The predicted molar refractivity (Wildman–Crippen MR) is 102 cm³/mol. The fourth-order valence-corrected chi connectivity index (χ4v) is 4.04. The van der Waals surface area contributed by atoms with Crippen molar-refractivity contribution in [2.75, 3.05) is 0 Å². The summed E-state index contributed by atoms with van der Waals surface area (Å²) in [5.74, 6) is 1.75. The first-order valence-corrected chi connectivity index (χ1v) is 9.43. The van der Waals surface area contributed by atoms with Gasteiger partial charge in [-0.1, -0.05) is 6.07 Å². The Hall–Kier alpha value is -2.67. The van der Waals surface area contributed by atoms with E-state index in [0.29, 0.717) is 12.8 Å². The molecule has 27 heavy (non-hydrogen) atoms. The Morgan fingerprint density at radius 2 is 2.22 bits per heavy atom. The molecule has 3 atom stereocenters. The van der Waals surface area contributed by atoms with Gasteiger partial charge in [0, 0.05) is 18.8 Å². The second kappa shape index (κ2) is 7.15. The summed E-state index contributed by atoms with van der Waals surface area (Å²) in [4.78, 5) is 24.2. The number of aliphatic hydroxyl groups excluding tert-OH is 1. The van der Waals surface area contributed by atoms with Gasteiger partial charge < -0.3 is 20.0 Å². The van der Waals surface area contributed by atoms with E-state index in [0.717, 1.165) is 41.1 Å². The highest BCUT2D eigenvalue weighted by Gasteiger charge is 2.36. The Balaban J connectivity index is 1.33. The summed E-state index contributed by atoms with van der Waals surface area (Å²) in [6.45, 7) is 3.86. The molecular formula is C20H25N5O2. The van der Waals surface area contributed by atoms with E-state index in [-0.39, 0.29) is 18.0 Å². The van der Waals surface area contributed by atoms with Crippen molar-refractivity contribution >= 4 is 16.9 Å². The van der Waals surface area contributed by atoms with Gasteiger partial charge >= 0.3 is 0 Å². The number of H-pyrrole nitrogens is 1. The first-order valence-electron chi connectivity index (χ1n) is 9.43. The van der Waals surface area contributed by atoms with Crippen LogP contribution in [0.1, 0.15) is 42.5 Å². The van der Waals surface area contributed by atoms with E-state index < -0.39 is 6.10 Å². The van der Waals surface area contributed by atoms with Crippen LogP contribution < -0.4 is 5.32 Å². The molecule has 1 fully saturated rings. The molecule has 0 radical (unpaired) electrons. The largest absolute Gasteiger partial charge is 0.389 e. The van der Waals surface area contributed by atoms with Crippen molar-refractivity contribution in [1.82, 2.24) is 24.8 Å². The van der Waals surface area contributed by atoms with Crippen LogP contribution in [0.25, 0.3) is 11.0 Å². The van der Waals surface area contributed by atoms with Gasteiger partial charge in [0.1, 0.15) is 11.6 Å². The number of fused-ring (bicyclic) bond motifs is 1. The van der Waals surface area contributed by atoms with Gasteiger partial charge in [-0.25, -0.2) is 9.97 Å². The lowest BCUT2D eigenvalue weighted by Gasteiger charge is -2.22. The fraction of sp³-hybridized carbons (Fsp3) is 0.450. The molecule has 7 nitrogen and oxygen atoms in total. The van der Waals surface area contributed by atoms with Crippen molar-refractivity contribution in [2.24, 2.45) is 0 Å². The van der Waals surface area contributed by atoms with Crippen LogP contribution in [0.15, 0.2) is 30.6 Å². The predicted octanol–water partition coefficient (Wildman–Crippen LogP) is 2.19. The Kier molecular flexibility index (Phi) is 4.70. The summed E-state index contributed by atoms with van der Waals surface area (Å²) in [5, 5.41) is 13.6. The second-order valence-corrected chi connectivity index (χ2v) is 7.36. The molecule has 0 saturated heterocycles. The molecule has 7 heteroatoms. The number of nitrogens with one attached hydrogen (secondary N) is 2. The SMILES string of the molecule is Cc1nc2ccc(CCC(=O)N[C@@H]3CC[C@@H](n4ccnc4C)[C@@H]3O)cc2[nH]1. The number of nitrogens with zero attached hydrogens (tertiary/aromatic N) is 3. The number of aromatic amines is 1. The zero-order valence-electron chi connectivity index (χ0n) is 15.6. The maximum atomic E-state index is 12.4. The summed E-state index contributed by atoms with van der Waals surface area (Å²) in [6, 6.07) is 5.80. The average Bonchev–Trinajstić information content (AvgIpc) is 3.31. The molecule has 0 bridgehead atoms. The third-order valence-electron chi connectivity index (χ3n) is 5.45. The molecule has 4 rings (SSSR count). The minimum absolute atomic E-state index is 0.0242. The standard InChI is InChI=1S/C20H25N5O2/c1-12-22-15-5-3-14(11-17(15)23-12)4-8-19(26)24-16-6-7-18(20(16)27)25-10-9-21-13(25)2/h3,5,9-11,16,18,20,27H,4,6-8H2,1-2H3,(H,22,23)(H,24,26)/t16-,18-,20-/m1/s1. The van der Waals surface area contributed by atoms with Crippen LogP contribution >= 0.6 is 0 Å². The number of carbonyl (C=O) groups is 1. The third-order valence-corrected chi connectivity index (χ3v) is 5.45. The molecule has 1 aromatic carbocycles. The molecular weight excluding hydrogens is 342 g/mol. The Morgan fingerprint density at radius 1 is 1.37 bits per heavy atom. The number of rotatable bonds is 5. The molecule has 0 spiro atoms. The molecule has 1 aliphatic carbocycles. The van der Waals surface area contributed by atoms with Crippen LogP contribution in [-0.4, -0.2) is 42.7 Å². The van der Waals surface area contributed by atoms with Gasteiger partial charge in [0.05, 0.1) is 29.2 Å². The van der Waals surface area contributed by atoms with E-state index in [9.17, 15) is 9.90 Å². The number of benzene rings is 1. The molecule has 3 aromatic rings. The van der Waals surface area contributed by atoms with E-state index in [4.69, 9.17) is 0 Å². The smallest absolute Gasteiger partial charge is 0.220 e. The molecule has 142 valence electrons. The lowest BCUT2D eigenvalue weighted by Crippen LogP contribution is -2.42. The molecule has 2 aromatic heterocycles. The highest BCUT2D eigenvalue weighted by atomic mass is 16.3. The maximum Gasteiger partial charge on any atom is 0.220 e. The van der Waals surface area contributed by atoms with Crippen LogP contribution in [-0.2, 0) is 11.2 Å². The first kappa shape index (κ1) is 17.7. The summed E-state index contributed by atoms with van der Waals surface area (Å²) in [6.07, 6.45) is 5.70. The molecule has 1 aliphatic rings. The maximum absolute atomic E-state index is 12.4. The Bertz CT molecular complexity index is 960. The first-order chi connectivity index (χ1) is 13.0. The minimum atomic E-state index is -0.592. The van der Waals surface area contributed by atoms with Crippen molar-refractivity contribution in [3.8, 4) is 0 Å². The number of hydrogen-bond acceptors (Lipinski definition) is 4. The zero-order chi connectivity index (χ0) is 19.0. The van der Waals surface area contributed by atoms with Crippen molar-refractivity contribution in [2.45, 2.75) is 57.7 Å². The fourth-order valence-electron chi connectivity index (χ4n) is 4.04. The normalized spacial score (nSPS) is 22.4. The van der Waals surface area contributed by atoms with E-state index in [1.165, 1.54) is 0 Å². The number of hydrogen-bond donors (Lipinski definition) is 3. The number of imidazole rings is 2. The lowest BCUT2D eigenvalue weighted by molar-refractivity contribution is -0.122. The van der Waals surface area contributed by atoms with E-state index in [1.807, 2.05) is 42.8 Å². The molecule has 3 N–H and O–H groups in total. The minimum Gasteiger partial charge on any atom is -0.389 e. The summed E-state index contributed by atoms with van der Waals surface area (Å²) >= 11 is 0. The molecule has 1 saturated carbocycles. The van der Waals surface area contributed by atoms with Crippen molar-refractivity contribution < 1.29 is 9.90 Å². The molecule has 2 heterocycles. The lowest BCUT2D eigenvalue weighted by atomic mass is 10.1. The number of aryl methyl sites for hydroxylation is 3. The van der Waals surface area contributed by atoms with Crippen molar-refractivity contribution in [3.05, 3.63) is 47.8 Å². The molecule has 0 unspecified atom stereocenters. The van der Waals surface area contributed by atoms with Gasteiger partial charge in [0.25, 0.3) is 0 Å². The summed E-state index contributed by atoms with van der Waals surface area (Å²) < 4.78 is 2.00. The molecule has 0 aliphatic heterocycles.